The number of aryl methyl sites for hydroxylation is 1. The fourth-order valence-electron chi connectivity index (χ4n) is 6.38. The zero-order valence-corrected chi connectivity index (χ0v) is 26.2. The maximum Gasteiger partial charge on any atom is 0.159 e. The highest BCUT2D eigenvalue weighted by Gasteiger charge is 2.20. The Balaban J connectivity index is 1.22. The van der Waals surface area contributed by atoms with Crippen LogP contribution in [0.25, 0.3) is 11.4 Å². The van der Waals surface area contributed by atoms with E-state index in [4.69, 9.17) is 4.74 Å². The lowest BCUT2D eigenvalue weighted by molar-refractivity contribution is 0.228. The van der Waals surface area contributed by atoms with Crippen molar-refractivity contribution in [1.29, 1.82) is 0 Å². The first-order chi connectivity index (χ1) is 19.8. The van der Waals surface area contributed by atoms with Gasteiger partial charge in [0.1, 0.15) is 5.75 Å². The van der Waals surface area contributed by atoms with E-state index in [0.717, 1.165) is 48.4 Å². The van der Waals surface area contributed by atoms with E-state index in [9.17, 15) is 0 Å². The molecule has 1 aromatic heterocycles. The number of aromatic nitrogens is 2. The average Bonchev–Trinajstić information content (AvgIpc) is 3.00. The van der Waals surface area contributed by atoms with Gasteiger partial charge in [0, 0.05) is 18.0 Å². The van der Waals surface area contributed by atoms with Gasteiger partial charge in [0.25, 0.3) is 0 Å². The van der Waals surface area contributed by atoms with Crippen LogP contribution < -0.4 is 4.74 Å². The second-order valence-electron chi connectivity index (χ2n) is 12.6. The van der Waals surface area contributed by atoms with Crippen LogP contribution in [0.2, 0.25) is 0 Å². The Bertz CT molecular complexity index is 855. The van der Waals surface area contributed by atoms with Crippen molar-refractivity contribution in [1.82, 2.24) is 9.97 Å². The smallest absolute Gasteiger partial charge is 0.159 e. The predicted molar refractivity (Wildman–Crippen MR) is 172 cm³/mol. The molecule has 224 valence electrons. The molecule has 0 spiro atoms. The molecule has 0 atom stereocenters. The van der Waals surface area contributed by atoms with E-state index in [1.165, 1.54) is 134 Å². The van der Waals surface area contributed by atoms with Gasteiger partial charge in [0.15, 0.2) is 5.82 Å². The first kappa shape index (κ1) is 32.6. The molecule has 1 fully saturated rings. The summed E-state index contributed by atoms with van der Waals surface area (Å²) in [6.07, 6.45) is 34.3. The van der Waals surface area contributed by atoms with Crippen LogP contribution in [0.5, 0.6) is 5.75 Å². The normalized spacial score (nSPS) is 17.2. The predicted octanol–water partition coefficient (Wildman–Crippen LogP) is 11.5. The molecule has 0 unspecified atom stereocenters. The van der Waals surface area contributed by atoms with E-state index in [1.807, 2.05) is 12.4 Å². The van der Waals surface area contributed by atoms with Crippen molar-refractivity contribution in [3.8, 4) is 17.1 Å². The first-order valence-corrected chi connectivity index (χ1v) is 17.3. The molecule has 3 nitrogen and oxygen atoms in total. The Hall–Kier alpha value is -1.90. The summed E-state index contributed by atoms with van der Waals surface area (Å²) < 4.78 is 6.07. The molecule has 3 rings (SSSR count). The average molecular weight is 549 g/mol. The second-order valence-corrected chi connectivity index (χ2v) is 12.6. The van der Waals surface area contributed by atoms with E-state index in [1.54, 1.807) is 0 Å². The van der Waals surface area contributed by atoms with Gasteiger partial charge >= 0.3 is 0 Å². The minimum atomic E-state index is 0.802. The van der Waals surface area contributed by atoms with Crippen molar-refractivity contribution in [2.45, 2.75) is 155 Å². The highest BCUT2D eigenvalue weighted by atomic mass is 16.5. The van der Waals surface area contributed by atoms with Crippen molar-refractivity contribution in [3.05, 3.63) is 42.2 Å². The van der Waals surface area contributed by atoms with Crippen LogP contribution >= 0.6 is 0 Å². The largest absolute Gasteiger partial charge is 0.494 e. The van der Waals surface area contributed by atoms with E-state index in [-0.39, 0.29) is 0 Å². The summed E-state index contributed by atoms with van der Waals surface area (Å²) >= 11 is 0. The Labute approximate surface area is 247 Å². The van der Waals surface area contributed by atoms with Crippen molar-refractivity contribution >= 4 is 0 Å². The van der Waals surface area contributed by atoms with Gasteiger partial charge in [-0.05, 0) is 67.3 Å². The van der Waals surface area contributed by atoms with Crippen LogP contribution in [0.4, 0.5) is 0 Å². The summed E-state index contributed by atoms with van der Waals surface area (Å²) in [5.41, 5.74) is 2.30. The molecule has 1 saturated carbocycles. The Kier molecular flexibility index (Phi) is 17.0. The van der Waals surface area contributed by atoms with Gasteiger partial charge in [0.2, 0.25) is 0 Å². The van der Waals surface area contributed by atoms with Crippen LogP contribution in [-0.4, -0.2) is 16.6 Å². The molecular weight excluding hydrogens is 488 g/mol. The minimum Gasteiger partial charge on any atom is -0.494 e. The maximum absolute atomic E-state index is 6.07. The Morgan fingerprint density at radius 3 is 1.68 bits per heavy atom. The van der Waals surface area contributed by atoms with E-state index < -0.39 is 0 Å². The third kappa shape index (κ3) is 13.6. The van der Waals surface area contributed by atoms with E-state index >= 15 is 0 Å². The lowest BCUT2D eigenvalue weighted by atomic mass is 9.78. The van der Waals surface area contributed by atoms with Gasteiger partial charge in [-0.25, -0.2) is 9.97 Å². The molecule has 0 N–H and O–H groups in total. The lowest BCUT2D eigenvalue weighted by Gasteiger charge is -2.28. The fourth-order valence-corrected chi connectivity index (χ4v) is 6.38. The van der Waals surface area contributed by atoms with Gasteiger partial charge in [-0.2, -0.15) is 0 Å². The molecule has 0 aliphatic heterocycles. The molecule has 40 heavy (non-hydrogen) atoms. The second kappa shape index (κ2) is 20.9. The summed E-state index contributed by atoms with van der Waals surface area (Å²) in [6, 6.07) is 8.32. The monoisotopic (exact) mass is 548 g/mol. The van der Waals surface area contributed by atoms with Gasteiger partial charge in [0.05, 0.1) is 6.61 Å². The van der Waals surface area contributed by atoms with Gasteiger partial charge in [-0.1, -0.05) is 129 Å². The summed E-state index contributed by atoms with van der Waals surface area (Å²) in [4.78, 5) is 9.25. The SMILES string of the molecule is CCCCCCCCCCC1CCC(CCCOc2ccc(-c3ncc(CCCCCCCC)cn3)cc2)CC1. The molecule has 1 aliphatic rings. The Morgan fingerprint density at radius 1 is 0.600 bits per heavy atom. The molecule has 3 heteroatoms. The quantitative estimate of drug-likeness (QED) is 0.137. The summed E-state index contributed by atoms with van der Waals surface area (Å²) in [7, 11) is 0. The number of benzene rings is 1. The summed E-state index contributed by atoms with van der Waals surface area (Å²) in [6.45, 7) is 5.39. The molecule has 0 radical (unpaired) electrons. The minimum absolute atomic E-state index is 0.802. The highest BCUT2D eigenvalue weighted by molar-refractivity contribution is 5.55. The van der Waals surface area contributed by atoms with Crippen molar-refractivity contribution in [2.24, 2.45) is 11.8 Å². The van der Waals surface area contributed by atoms with Crippen LogP contribution in [-0.2, 0) is 6.42 Å². The molecule has 1 aromatic carbocycles. The standard InChI is InChI=1S/C37H60N2O/c1-3-5-7-9-11-12-14-15-18-32-21-23-33(24-22-32)20-17-29-40-36-27-25-35(26-28-36)37-38-30-34(31-39-37)19-16-13-10-8-6-4-2/h25-28,30-33H,3-24,29H2,1-2H3. The molecule has 1 aliphatic carbocycles. The number of ether oxygens (including phenoxy) is 1. The first-order valence-electron chi connectivity index (χ1n) is 17.3. The summed E-state index contributed by atoms with van der Waals surface area (Å²) in [5.74, 6) is 3.68. The highest BCUT2D eigenvalue weighted by Crippen LogP contribution is 2.34. The Morgan fingerprint density at radius 2 is 1.10 bits per heavy atom. The number of hydrogen-bond acceptors (Lipinski definition) is 3. The summed E-state index contributed by atoms with van der Waals surface area (Å²) in [5, 5.41) is 0. The van der Waals surface area contributed by atoms with E-state index in [0.29, 0.717) is 0 Å². The molecule has 0 saturated heterocycles. The van der Waals surface area contributed by atoms with Crippen LogP contribution in [0, 0.1) is 11.8 Å². The van der Waals surface area contributed by atoms with Crippen molar-refractivity contribution < 1.29 is 4.74 Å². The zero-order chi connectivity index (χ0) is 28.1. The van der Waals surface area contributed by atoms with Crippen LogP contribution in [0.1, 0.15) is 154 Å². The van der Waals surface area contributed by atoms with Crippen LogP contribution in [0.3, 0.4) is 0 Å². The number of nitrogens with zero attached hydrogens (tertiary/aromatic N) is 2. The topological polar surface area (TPSA) is 35.0 Å². The third-order valence-corrected chi connectivity index (χ3v) is 9.09. The lowest BCUT2D eigenvalue weighted by Crippen LogP contribution is -2.15. The van der Waals surface area contributed by atoms with Gasteiger partial charge in [-0.3, -0.25) is 0 Å². The number of hydrogen-bond donors (Lipinski definition) is 0. The zero-order valence-electron chi connectivity index (χ0n) is 26.2. The molecule has 0 bridgehead atoms. The van der Waals surface area contributed by atoms with Crippen molar-refractivity contribution in [3.63, 3.8) is 0 Å². The van der Waals surface area contributed by atoms with Crippen molar-refractivity contribution in [2.75, 3.05) is 6.61 Å². The van der Waals surface area contributed by atoms with Gasteiger partial charge < -0.3 is 4.74 Å². The maximum atomic E-state index is 6.07. The van der Waals surface area contributed by atoms with E-state index in [2.05, 4.69) is 48.1 Å². The number of unbranched alkanes of at least 4 members (excludes halogenated alkanes) is 12. The number of rotatable bonds is 22. The molecule has 2 aromatic rings. The third-order valence-electron chi connectivity index (χ3n) is 9.09. The fraction of sp³-hybridized carbons (Fsp3) is 0.730. The molecule has 1 heterocycles. The molecule has 0 amide bonds. The molecular formula is C37H60N2O. The van der Waals surface area contributed by atoms with Gasteiger partial charge in [-0.15, -0.1) is 0 Å². The van der Waals surface area contributed by atoms with Crippen LogP contribution in [0.15, 0.2) is 36.7 Å².